The van der Waals surface area contributed by atoms with E-state index in [1.165, 1.54) is 22.9 Å². The van der Waals surface area contributed by atoms with Gasteiger partial charge >= 0.3 is 0 Å². The lowest BCUT2D eigenvalue weighted by molar-refractivity contribution is -0.135. The molecule has 2 heterocycles. The van der Waals surface area contributed by atoms with E-state index >= 15 is 0 Å². The fourth-order valence-corrected chi connectivity index (χ4v) is 5.00. The second-order valence-electron chi connectivity index (χ2n) is 9.51. The van der Waals surface area contributed by atoms with Gasteiger partial charge < -0.3 is 9.64 Å². The van der Waals surface area contributed by atoms with Crippen LogP contribution in [-0.2, 0) is 17.9 Å². The summed E-state index contributed by atoms with van der Waals surface area (Å²) in [5, 5.41) is 1.17. The molecule has 1 aliphatic rings. The van der Waals surface area contributed by atoms with Crippen molar-refractivity contribution in [2.75, 3.05) is 20.2 Å². The Balaban J connectivity index is 1.30. The monoisotopic (exact) mass is 471 g/mol. The van der Waals surface area contributed by atoms with Crippen molar-refractivity contribution in [2.45, 2.75) is 57.7 Å². The highest BCUT2D eigenvalue weighted by molar-refractivity contribution is 5.81. The lowest BCUT2D eigenvalue weighted by Gasteiger charge is -2.36. The van der Waals surface area contributed by atoms with Crippen LogP contribution in [0.1, 0.15) is 49.7 Å². The minimum atomic E-state index is 0.251. The number of fused-ring (bicyclic) bond motifs is 1. The molecule has 1 amide bonds. The van der Waals surface area contributed by atoms with E-state index in [0.717, 1.165) is 56.6 Å². The Morgan fingerprint density at radius 2 is 2.03 bits per heavy atom. The summed E-state index contributed by atoms with van der Waals surface area (Å²) in [7, 11) is 2.14. The van der Waals surface area contributed by atoms with Gasteiger partial charge in [-0.1, -0.05) is 42.5 Å². The van der Waals surface area contributed by atoms with Crippen LogP contribution in [0.5, 0.6) is 5.75 Å². The zero-order chi connectivity index (χ0) is 24.5. The van der Waals surface area contributed by atoms with Crippen LogP contribution in [0.4, 0.5) is 0 Å². The third kappa shape index (κ3) is 6.92. The van der Waals surface area contributed by atoms with E-state index in [2.05, 4.69) is 70.9 Å². The molecule has 3 aromatic rings. The average molecular weight is 472 g/mol. The van der Waals surface area contributed by atoms with Crippen LogP contribution in [0.15, 0.2) is 73.4 Å². The van der Waals surface area contributed by atoms with Crippen molar-refractivity contribution in [3.05, 3.63) is 84.6 Å². The first kappa shape index (κ1) is 24.9. The van der Waals surface area contributed by atoms with Crippen molar-refractivity contribution in [3.8, 4) is 5.75 Å². The number of benzene rings is 2. The van der Waals surface area contributed by atoms with Crippen molar-refractivity contribution >= 4 is 16.8 Å². The zero-order valence-corrected chi connectivity index (χ0v) is 20.9. The summed E-state index contributed by atoms with van der Waals surface area (Å²) in [6.07, 6.45) is 9.21. The predicted molar refractivity (Wildman–Crippen MR) is 142 cm³/mol. The Hall–Kier alpha value is -3.18. The number of carbonyl (C=O) groups is 1. The van der Waals surface area contributed by atoms with E-state index in [9.17, 15) is 4.79 Å². The fourth-order valence-electron chi connectivity index (χ4n) is 5.00. The molecule has 4 rings (SSSR count). The molecule has 0 unspecified atom stereocenters. The molecule has 5 nitrogen and oxygen atoms in total. The molecule has 1 fully saturated rings. The Morgan fingerprint density at radius 1 is 1.17 bits per heavy atom. The van der Waals surface area contributed by atoms with Crippen LogP contribution in [0.2, 0.25) is 0 Å². The highest BCUT2D eigenvalue weighted by Crippen LogP contribution is 2.23. The van der Waals surface area contributed by atoms with Gasteiger partial charge in [0.15, 0.2) is 0 Å². The first-order valence-corrected chi connectivity index (χ1v) is 12.8. The van der Waals surface area contributed by atoms with Gasteiger partial charge in [0, 0.05) is 50.1 Å². The van der Waals surface area contributed by atoms with Gasteiger partial charge in [0.1, 0.15) is 5.75 Å². The molecule has 1 aliphatic heterocycles. The smallest absolute Gasteiger partial charge is 0.223 e. The van der Waals surface area contributed by atoms with Crippen LogP contribution in [0.25, 0.3) is 10.9 Å². The number of pyridine rings is 1. The number of nitrogens with zero attached hydrogens (tertiary/aromatic N) is 3. The largest absolute Gasteiger partial charge is 0.494 e. The maximum Gasteiger partial charge on any atom is 0.223 e. The molecule has 1 saturated heterocycles. The summed E-state index contributed by atoms with van der Waals surface area (Å²) in [6, 6.07) is 19.1. The van der Waals surface area contributed by atoms with Crippen LogP contribution in [0.3, 0.4) is 0 Å². The second-order valence-corrected chi connectivity index (χ2v) is 9.51. The maximum absolute atomic E-state index is 12.6. The molecule has 35 heavy (non-hydrogen) atoms. The van der Waals surface area contributed by atoms with Crippen molar-refractivity contribution in [2.24, 2.45) is 0 Å². The topological polar surface area (TPSA) is 45.7 Å². The van der Waals surface area contributed by atoms with Crippen molar-refractivity contribution in [1.82, 2.24) is 14.8 Å². The SMILES string of the molecule is C=CCCC(=O)N1CCCC[C@H]1CCOc1cccc(CN(C)Cc2cccc3cccnc23)c1. The molecule has 0 spiro atoms. The van der Waals surface area contributed by atoms with Crippen LogP contribution in [0, 0.1) is 0 Å². The molecule has 2 aromatic carbocycles. The van der Waals surface area contributed by atoms with Gasteiger partial charge in [0.2, 0.25) is 5.91 Å². The van der Waals surface area contributed by atoms with Crippen molar-refractivity contribution in [1.29, 1.82) is 0 Å². The van der Waals surface area contributed by atoms with E-state index in [4.69, 9.17) is 4.74 Å². The molecule has 0 N–H and O–H groups in total. The number of hydrogen-bond donors (Lipinski definition) is 0. The third-order valence-corrected chi connectivity index (χ3v) is 6.74. The van der Waals surface area contributed by atoms with Gasteiger partial charge in [-0.05, 0) is 62.1 Å². The predicted octanol–water partition coefficient (Wildman–Crippen LogP) is 5.98. The van der Waals surface area contributed by atoms with Gasteiger partial charge in [0.25, 0.3) is 0 Å². The fraction of sp³-hybridized carbons (Fsp3) is 0.400. The lowest BCUT2D eigenvalue weighted by atomic mass is 9.99. The van der Waals surface area contributed by atoms with Gasteiger partial charge in [-0.25, -0.2) is 0 Å². The number of ether oxygens (including phenoxy) is 1. The number of rotatable bonds is 11. The van der Waals surface area contributed by atoms with E-state index in [1.807, 2.05) is 24.4 Å². The molecular formula is C30H37N3O2. The van der Waals surface area contributed by atoms with E-state index in [-0.39, 0.29) is 11.9 Å². The van der Waals surface area contributed by atoms with E-state index < -0.39 is 0 Å². The van der Waals surface area contributed by atoms with Crippen LogP contribution >= 0.6 is 0 Å². The second kappa shape index (κ2) is 12.5. The number of likely N-dealkylation sites (tertiary alicyclic amines) is 1. The molecule has 1 aromatic heterocycles. The van der Waals surface area contributed by atoms with Crippen LogP contribution in [-0.4, -0.2) is 46.9 Å². The number of allylic oxidation sites excluding steroid dienone is 1. The summed E-state index contributed by atoms with van der Waals surface area (Å²) >= 11 is 0. The van der Waals surface area contributed by atoms with E-state index in [1.54, 1.807) is 0 Å². The molecule has 0 saturated carbocycles. The van der Waals surface area contributed by atoms with Gasteiger partial charge in [0.05, 0.1) is 12.1 Å². The molecule has 0 aliphatic carbocycles. The Bertz CT molecular complexity index is 1120. The summed E-state index contributed by atoms with van der Waals surface area (Å²) in [4.78, 5) is 21.5. The maximum atomic E-state index is 12.6. The molecule has 184 valence electrons. The van der Waals surface area contributed by atoms with Gasteiger partial charge in [-0.3, -0.25) is 14.7 Å². The van der Waals surface area contributed by atoms with Crippen molar-refractivity contribution < 1.29 is 9.53 Å². The molecule has 1 atom stereocenters. The van der Waals surface area contributed by atoms with E-state index in [0.29, 0.717) is 13.0 Å². The summed E-state index contributed by atoms with van der Waals surface area (Å²) in [5.74, 6) is 1.14. The molecule has 0 bridgehead atoms. The highest BCUT2D eigenvalue weighted by Gasteiger charge is 2.25. The summed E-state index contributed by atoms with van der Waals surface area (Å²) < 4.78 is 6.13. The molecule has 0 radical (unpaired) electrons. The third-order valence-electron chi connectivity index (χ3n) is 6.74. The number of amides is 1. The first-order chi connectivity index (χ1) is 17.1. The summed E-state index contributed by atoms with van der Waals surface area (Å²) in [6.45, 7) is 6.89. The standard InChI is InChI=1S/C30H37N3O2/c1-3-4-16-29(34)33-19-6-5-14-27(33)17-20-35-28-15-7-10-24(21-28)22-32(2)23-26-12-8-11-25-13-9-18-31-30(25)26/h3,7-13,15,18,21,27H,1,4-6,14,16-17,19-20,22-23H2,2H3/t27-/m0/s1. The normalized spacial score (nSPS) is 15.9. The Kier molecular flexibility index (Phi) is 8.90. The lowest BCUT2D eigenvalue weighted by Crippen LogP contribution is -2.44. The van der Waals surface area contributed by atoms with Gasteiger partial charge in [-0.2, -0.15) is 0 Å². The number of piperidine rings is 1. The molecule has 5 heteroatoms. The average Bonchev–Trinajstić information content (AvgIpc) is 2.88. The number of carbonyl (C=O) groups excluding carboxylic acids is 1. The quantitative estimate of drug-likeness (QED) is 0.323. The molecular weight excluding hydrogens is 434 g/mol. The Morgan fingerprint density at radius 3 is 2.91 bits per heavy atom. The Labute approximate surface area is 209 Å². The number of hydrogen-bond acceptors (Lipinski definition) is 4. The minimum Gasteiger partial charge on any atom is -0.494 e. The zero-order valence-electron chi connectivity index (χ0n) is 20.9. The minimum absolute atomic E-state index is 0.251. The van der Waals surface area contributed by atoms with Gasteiger partial charge in [-0.15, -0.1) is 6.58 Å². The van der Waals surface area contributed by atoms with Crippen LogP contribution < -0.4 is 4.74 Å². The highest BCUT2D eigenvalue weighted by atomic mass is 16.5. The first-order valence-electron chi connectivity index (χ1n) is 12.8. The van der Waals surface area contributed by atoms with Crippen molar-refractivity contribution in [3.63, 3.8) is 0 Å². The number of aromatic nitrogens is 1. The number of para-hydroxylation sites is 1. The summed E-state index contributed by atoms with van der Waals surface area (Å²) in [5.41, 5.74) is 3.52.